The van der Waals surface area contributed by atoms with Crippen molar-refractivity contribution in [2.24, 2.45) is 0 Å². The van der Waals surface area contributed by atoms with E-state index in [2.05, 4.69) is 9.97 Å². The molecule has 0 saturated heterocycles. The number of aromatic nitrogens is 3. The standard InChI is InChI=1S/C13H10N4O/c14-9-3-4-12-11(6-9)13(18)17(8-16-12)10-2-1-5-15-7-10/h1-8H,14H2. The molecular formula is C13H10N4O. The first-order valence-electron chi connectivity index (χ1n) is 5.43. The molecule has 1 aromatic carbocycles. The second kappa shape index (κ2) is 3.96. The van der Waals surface area contributed by atoms with Gasteiger partial charge in [-0.25, -0.2) is 4.98 Å². The predicted molar refractivity (Wildman–Crippen MR) is 69.5 cm³/mol. The van der Waals surface area contributed by atoms with E-state index >= 15 is 0 Å². The first kappa shape index (κ1) is 10.5. The van der Waals surface area contributed by atoms with Crippen LogP contribution >= 0.6 is 0 Å². The second-order valence-corrected chi connectivity index (χ2v) is 3.91. The second-order valence-electron chi connectivity index (χ2n) is 3.91. The average molecular weight is 238 g/mol. The molecule has 5 heteroatoms. The lowest BCUT2D eigenvalue weighted by atomic mass is 10.2. The highest BCUT2D eigenvalue weighted by molar-refractivity contribution is 5.81. The van der Waals surface area contributed by atoms with Gasteiger partial charge in [0.05, 0.1) is 22.8 Å². The van der Waals surface area contributed by atoms with Gasteiger partial charge in [0.15, 0.2) is 0 Å². The fourth-order valence-corrected chi connectivity index (χ4v) is 1.82. The number of fused-ring (bicyclic) bond motifs is 1. The summed E-state index contributed by atoms with van der Waals surface area (Å²) in [5, 5.41) is 0.501. The van der Waals surface area contributed by atoms with E-state index < -0.39 is 0 Å². The summed E-state index contributed by atoms with van der Waals surface area (Å²) in [5.74, 6) is 0. The number of benzene rings is 1. The van der Waals surface area contributed by atoms with Crippen LogP contribution in [0.1, 0.15) is 0 Å². The number of anilines is 1. The molecule has 0 saturated carbocycles. The maximum Gasteiger partial charge on any atom is 0.265 e. The van der Waals surface area contributed by atoms with Crippen LogP contribution in [0.15, 0.2) is 53.8 Å². The van der Waals surface area contributed by atoms with E-state index in [0.717, 1.165) is 0 Å². The molecule has 0 radical (unpaired) electrons. The summed E-state index contributed by atoms with van der Waals surface area (Å²) in [4.78, 5) is 20.5. The van der Waals surface area contributed by atoms with Crippen LogP contribution in [0, 0.1) is 0 Å². The van der Waals surface area contributed by atoms with Gasteiger partial charge in [-0.05, 0) is 30.3 Å². The zero-order valence-corrected chi connectivity index (χ0v) is 9.45. The van der Waals surface area contributed by atoms with Crippen molar-refractivity contribution in [3.63, 3.8) is 0 Å². The predicted octanol–water partition coefficient (Wildman–Crippen LogP) is 1.36. The first-order valence-corrected chi connectivity index (χ1v) is 5.43. The Bertz CT molecular complexity index is 765. The van der Waals surface area contributed by atoms with Crippen molar-refractivity contribution in [1.82, 2.24) is 14.5 Å². The molecule has 0 aliphatic heterocycles. The number of pyridine rings is 1. The van der Waals surface area contributed by atoms with Crippen LogP contribution in [0.3, 0.4) is 0 Å². The van der Waals surface area contributed by atoms with Gasteiger partial charge >= 0.3 is 0 Å². The zero-order valence-electron chi connectivity index (χ0n) is 9.45. The molecule has 3 rings (SSSR count). The van der Waals surface area contributed by atoms with Gasteiger partial charge in [-0.1, -0.05) is 0 Å². The molecule has 0 unspecified atom stereocenters. The first-order chi connectivity index (χ1) is 8.75. The van der Waals surface area contributed by atoms with Gasteiger partial charge < -0.3 is 5.73 Å². The number of hydrogen-bond acceptors (Lipinski definition) is 4. The van der Waals surface area contributed by atoms with E-state index in [9.17, 15) is 4.79 Å². The fourth-order valence-electron chi connectivity index (χ4n) is 1.82. The molecule has 2 N–H and O–H groups in total. The van der Waals surface area contributed by atoms with Crippen molar-refractivity contribution in [3.05, 3.63) is 59.4 Å². The normalized spacial score (nSPS) is 10.7. The number of rotatable bonds is 1. The Hall–Kier alpha value is -2.69. The van der Waals surface area contributed by atoms with Gasteiger partial charge in [-0.3, -0.25) is 14.3 Å². The summed E-state index contributed by atoms with van der Waals surface area (Å²) in [6, 6.07) is 8.67. The topological polar surface area (TPSA) is 73.8 Å². The van der Waals surface area contributed by atoms with Crippen LogP contribution in [0.25, 0.3) is 16.6 Å². The maximum absolute atomic E-state index is 12.3. The maximum atomic E-state index is 12.3. The lowest BCUT2D eigenvalue weighted by Gasteiger charge is -2.06. The monoisotopic (exact) mass is 238 g/mol. The molecule has 5 nitrogen and oxygen atoms in total. The van der Waals surface area contributed by atoms with Crippen LogP contribution in [0.5, 0.6) is 0 Å². The van der Waals surface area contributed by atoms with E-state index in [1.54, 1.807) is 42.7 Å². The van der Waals surface area contributed by atoms with E-state index in [1.807, 2.05) is 0 Å². The minimum Gasteiger partial charge on any atom is -0.399 e. The summed E-state index contributed by atoms with van der Waals surface area (Å²) >= 11 is 0. The highest BCUT2D eigenvalue weighted by Gasteiger charge is 2.05. The fraction of sp³-hybridized carbons (Fsp3) is 0. The molecule has 0 bridgehead atoms. The SMILES string of the molecule is Nc1ccc2ncn(-c3cccnc3)c(=O)c2c1. The van der Waals surface area contributed by atoms with Crippen LogP contribution in [-0.2, 0) is 0 Å². The Morgan fingerprint density at radius 3 is 2.89 bits per heavy atom. The lowest BCUT2D eigenvalue weighted by Crippen LogP contribution is -2.19. The third-order valence-corrected chi connectivity index (χ3v) is 2.71. The summed E-state index contributed by atoms with van der Waals surface area (Å²) in [7, 11) is 0. The largest absolute Gasteiger partial charge is 0.399 e. The number of nitrogen functional groups attached to an aromatic ring is 1. The summed E-state index contributed by atoms with van der Waals surface area (Å²) in [6.45, 7) is 0. The van der Waals surface area contributed by atoms with Crippen molar-refractivity contribution < 1.29 is 0 Å². The third kappa shape index (κ3) is 1.62. The molecule has 18 heavy (non-hydrogen) atoms. The van der Waals surface area contributed by atoms with Gasteiger partial charge in [-0.15, -0.1) is 0 Å². The molecule has 0 aliphatic carbocycles. The van der Waals surface area contributed by atoms with Crippen molar-refractivity contribution in [3.8, 4) is 5.69 Å². The van der Waals surface area contributed by atoms with Crippen molar-refractivity contribution in [2.75, 3.05) is 5.73 Å². The minimum absolute atomic E-state index is 0.152. The average Bonchev–Trinajstić information content (AvgIpc) is 2.41. The van der Waals surface area contributed by atoms with E-state index in [4.69, 9.17) is 5.73 Å². The molecule has 2 aromatic heterocycles. The van der Waals surface area contributed by atoms with E-state index in [-0.39, 0.29) is 5.56 Å². The number of hydrogen-bond donors (Lipinski definition) is 1. The molecular weight excluding hydrogens is 228 g/mol. The van der Waals surface area contributed by atoms with Crippen LogP contribution in [0.2, 0.25) is 0 Å². The summed E-state index contributed by atoms with van der Waals surface area (Å²) in [5.41, 5.74) is 7.40. The summed E-state index contributed by atoms with van der Waals surface area (Å²) in [6.07, 6.45) is 4.76. The molecule has 0 aliphatic rings. The van der Waals surface area contributed by atoms with Crippen LogP contribution in [-0.4, -0.2) is 14.5 Å². The highest BCUT2D eigenvalue weighted by atomic mass is 16.1. The zero-order chi connectivity index (χ0) is 12.5. The molecule has 0 fully saturated rings. The molecule has 88 valence electrons. The Morgan fingerprint density at radius 1 is 1.22 bits per heavy atom. The van der Waals surface area contributed by atoms with E-state index in [1.165, 1.54) is 10.9 Å². The van der Waals surface area contributed by atoms with Crippen molar-refractivity contribution in [1.29, 1.82) is 0 Å². The van der Waals surface area contributed by atoms with Gasteiger partial charge in [0, 0.05) is 11.9 Å². The Kier molecular flexibility index (Phi) is 2.30. The smallest absolute Gasteiger partial charge is 0.265 e. The van der Waals surface area contributed by atoms with Crippen molar-refractivity contribution in [2.45, 2.75) is 0 Å². The van der Waals surface area contributed by atoms with Gasteiger partial charge in [0.1, 0.15) is 6.33 Å². The Morgan fingerprint density at radius 2 is 2.11 bits per heavy atom. The molecule has 0 spiro atoms. The van der Waals surface area contributed by atoms with Gasteiger partial charge in [-0.2, -0.15) is 0 Å². The van der Waals surface area contributed by atoms with Crippen LogP contribution in [0.4, 0.5) is 5.69 Å². The Balaban J connectivity index is 2.33. The third-order valence-electron chi connectivity index (χ3n) is 2.71. The van der Waals surface area contributed by atoms with Gasteiger partial charge in [0.25, 0.3) is 5.56 Å². The van der Waals surface area contributed by atoms with Crippen LogP contribution < -0.4 is 11.3 Å². The molecule has 0 amide bonds. The lowest BCUT2D eigenvalue weighted by molar-refractivity contribution is 0.953. The van der Waals surface area contributed by atoms with E-state index in [0.29, 0.717) is 22.3 Å². The number of nitrogens with zero attached hydrogens (tertiary/aromatic N) is 3. The molecule has 0 atom stereocenters. The minimum atomic E-state index is -0.152. The van der Waals surface area contributed by atoms with Gasteiger partial charge in [0.2, 0.25) is 0 Å². The summed E-state index contributed by atoms with van der Waals surface area (Å²) < 4.78 is 1.45. The van der Waals surface area contributed by atoms with Crippen molar-refractivity contribution >= 4 is 16.6 Å². The number of nitrogens with two attached hydrogens (primary N) is 1. The molecule has 2 heterocycles. The highest BCUT2D eigenvalue weighted by Crippen LogP contribution is 2.12. The Labute approximate surface area is 103 Å². The molecule has 3 aromatic rings. The quantitative estimate of drug-likeness (QED) is 0.650.